The molecule has 0 saturated heterocycles. The molecule has 18 heavy (non-hydrogen) atoms. The SMILES string of the molecule is O=Cc1cc(C=O)c2cc3ccccc3cc2c1. The molecular formula is C16H10O2. The number of aldehydes is 2. The van der Waals surface area contributed by atoms with Gasteiger partial charge in [-0.2, -0.15) is 0 Å². The van der Waals surface area contributed by atoms with Gasteiger partial charge in [-0.15, -0.1) is 0 Å². The quantitative estimate of drug-likeness (QED) is 0.501. The Bertz CT molecular complexity index is 772. The molecule has 0 bridgehead atoms. The average Bonchev–Trinajstić information content (AvgIpc) is 2.43. The zero-order chi connectivity index (χ0) is 12.5. The van der Waals surface area contributed by atoms with Crippen LogP contribution in [0.5, 0.6) is 0 Å². The van der Waals surface area contributed by atoms with Crippen LogP contribution in [0.2, 0.25) is 0 Å². The normalized spacial score (nSPS) is 10.7. The molecule has 0 fully saturated rings. The van der Waals surface area contributed by atoms with Crippen LogP contribution in [0.25, 0.3) is 21.5 Å². The minimum atomic E-state index is 0.528. The number of carbonyl (C=O) groups excluding carboxylic acids is 2. The van der Waals surface area contributed by atoms with Gasteiger partial charge in [0.1, 0.15) is 6.29 Å². The summed E-state index contributed by atoms with van der Waals surface area (Å²) in [6.45, 7) is 0. The van der Waals surface area contributed by atoms with Gasteiger partial charge in [0.2, 0.25) is 0 Å². The number of hydrogen-bond donors (Lipinski definition) is 0. The van der Waals surface area contributed by atoms with Gasteiger partial charge in [-0.05, 0) is 45.8 Å². The van der Waals surface area contributed by atoms with Gasteiger partial charge in [-0.3, -0.25) is 9.59 Å². The first kappa shape index (κ1) is 10.7. The molecule has 0 aliphatic carbocycles. The minimum Gasteiger partial charge on any atom is -0.298 e. The van der Waals surface area contributed by atoms with Gasteiger partial charge in [-0.25, -0.2) is 0 Å². The van der Waals surface area contributed by atoms with Crippen LogP contribution < -0.4 is 0 Å². The number of hydrogen-bond acceptors (Lipinski definition) is 2. The highest BCUT2D eigenvalue weighted by Gasteiger charge is 2.05. The topological polar surface area (TPSA) is 34.1 Å². The van der Waals surface area contributed by atoms with E-state index in [1.807, 2.05) is 42.5 Å². The second-order valence-electron chi connectivity index (χ2n) is 4.27. The largest absolute Gasteiger partial charge is 0.298 e. The Hall–Kier alpha value is -2.48. The summed E-state index contributed by atoms with van der Waals surface area (Å²) in [5.41, 5.74) is 1.08. The van der Waals surface area contributed by atoms with Crippen molar-refractivity contribution in [1.82, 2.24) is 0 Å². The van der Waals surface area contributed by atoms with E-state index in [0.717, 1.165) is 34.1 Å². The molecule has 0 aromatic heterocycles. The highest BCUT2D eigenvalue weighted by atomic mass is 16.1. The van der Waals surface area contributed by atoms with E-state index in [9.17, 15) is 9.59 Å². The van der Waals surface area contributed by atoms with Crippen molar-refractivity contribution in [1.29, 1.82) is 0 Å². The lowest BCUT2D eigenvalue weighted by molar-refractivity contribution is 0.112. The first-order valence-corrected chi connectivity index (χ1v) is 5.69. The van der Waals surface area contributed by atoms with E-state index in [0.29, 0.717) is 11.1 Å². The summed E-state index contributed by atoms with van der Waals surface area (Å²) in [4.78, 5) is 22.0. The fourth-order valence-corrected chi connectivity index (χ4v) is 2.27. The summed E-state index contributed by atoms with van der Waals surface area (Å²) in [5, 5.41) is 3.99. The van der Waals surface area contributed by atoms with E-state index in [4.69, 9.17) is 0 Å². The fraction of sp³-hybridized carbons (Fsp3) is 0. The van der Waals surface area contributed by atoms with Crippen LogP contribution in [-0.2, 0) is 0 Å². The van der Waals surface area contributed by atoms with E-state index in [2.05, 4.69) is 0 Å². The number of rotatable bonds is 2. The van der Waals surface area contributed by atoms with Gasteiger partial charge >= 0.3 is 0 Å². The van der Waals surface area contributed by atoms with Crippen molar-refractivity contribution < 1.29 is 9.59 Å². The number of fused-ring (bicyclic) bond motifs is 2. The van der Waals surface area contributed by atoms with Crippen molar-refractivity contribution in [2.24, 2.45) is 0 Å². The maximum atomic E-state index is 11.1. The second kappa shape index (κ2) is 4.08. The predicted octanol–water partition coefficient (Wildman–Crippen LogP) is 3.62. The molecule has 2 nitrogen and oxygen atoms in total. The lowest BCUT2D eigenvalue weighted by atomic mass is 9.98. The summed E-state index contributed by atoms with van der Waals surface area (Å²) >= 11 is 0. The molecule has 0 aliphatic rings. The van der Waals surface area contributed by atoms with Gasteiger partial charge in [0.25, 0.3) is 0 Å². The monoisotopic (exact) mass is 234 g/mol. The van der Waals surface area contributed by atoms with Crippen LogP contribution in [-0.4, -0.2) is 12.6 Å². The van der Waals surface area contributed by atoms with Crippen LogP contribution in [0.4, 0.5) is 0 Å². The standard InChI is InChI=1S/C16H10O2/c17-9-11-5-14-7-12-3-1-2-4-13(12)8-16(14)15(6-11)10-18/h1-10H. The van der Waals surface area contributed by atoms with Gasteiger partial charge in [0.05, 0.1) is 0 Å². The fourth-order valence-electron chi connectivity index (χ4n) is 2.27. The molecule has 0 heterocycles. The Kier molecular flexibility index (Phi) is 2.41. The van der Waals surface area contributed by atoms with Crippen molar-refractivity contribution >= 4 is 34.1 Å². The lowest BCUT2D eigenvalue weighted by Gasteiger charge is -2.05. The van der Waals surface area contributed by atoms with Crippen LogP contribution in [0.15, 0.2) is 48.5 Å². The first-order chi connectivity index (χ1) is 8.81. The van der Waals surface area contributed by atoms with Crippen LogP contribution in [0.1, 0.15) is 20.7 Å². The molecule has 0 amide bonds. The van der Waals surface area contributed by atoms with Crippen molar-refractivity contribution in [3.05, 3.63) is 59.7 Å². The van der Waals surface area contributed by atoms with Gasteiger partial charge in [-0.1, -0.05) is 24.3 Å². The molecular weight excluding hydrogens is 224 g/mol. The van der Waals surface area contributed by atoms with Crippen molar-refractivity contribution in [3.63, 3.8) is 0 Å². The molecule has 0 unspecified atom stereocenters. The third-order valence-corrected chi connectivity index (χ3v) is 3.14. The summed E-state index contributed by atoms with van der Waals surface area (Å²) in [6, 6.07) is 15.4. The molecule has 0 spiro atoms. The van der Waals surface area contributed by atoms with Crippen molar-refractivity contribution in [2.75, 3.05) is 0 Å². The third-order valence-electron chi connectivity index (χ3n) is 3.14. The Labute approximate surface area is 104 Å². The maximum absolute atomic E-state index is 11.1. The molecule has 0 radical (unpaired) electrons. The third kappa shape index (κ3) is 1.59. The molecule has 2 heteroatoms. The van der Waals surface area contributed by atoms with Crippen molar-refractivity contribution in [2.45, 2.75) is 0 Å². The van der Waals surface area contributed by atoms with Gasteiger partial charge in [0, 0.05) is 11.1 Å². The highest BCUT2D eigenvalue weighted by Crippen LogP contribution is 2.25. The smallest absolute Gasteiger partial charge is 0.150 e. The van der Waals surface area contributed by atoms with E-state index in [1.54, 1.807) is 6.07 Å². The average molecular weight is 234 g/mol. The Morgan fingerprint density at radius 1 is 0.722 bits per heavy atom. The molecule has 86 valence electrons. The predicted molar refractivity (Wildman–Crippen MR) is 72.2 cm³/mol. The van der Waals surface area contributed by atoms with E-state index < -0.39 is 0 Å². The van der Waals surface area contributed by atoms with E-state index >= 15 is 0 Å². The van der Waals surface area contributed by atoms with Crippen molar-refractivity contribution in [3.8, 4) is 0 Å². The lowest BCUT2D eigenvalue weighted by Crippen LogP contribution is -1.89. The Morgan fingerprint density at radius 2 is 1.44 bits per heavy atom. The molecule has 3 aromatic carbocycles. The Balaban J connectivity index is 2.48. The maximum Gasteiger partial charge on any atom is 0.150 e. The van der Waals surface area contributed by atoms with E-state index in [-0.39, 0.29) is 0 Å². The molecule has 3 rings (SSSR count). The molecule has 0 aliphatic heterocycles. The molecule has 3 aromatic rings. The summed E-state index contributed by atoms with van der Waals surface area (Å²) in [7, 11) is 0. The molecule has 0 N–H and O–H groups in total. The molecule has 0 atom stereocenters. The van der Waals surface area contributed by atoms with E-state index in [1.165, 1.54) is 0 Å². The zero-order valence-electron chi connectivity index (χ0n) is 9.59. The summed E-state index contributed by atoms with van der Waals surface area (Å²) < 4.78 is 0. The number of benzene rings is 3. The minimum absolute atomic E-state index is 0.528. The number of carbonyl (C=O) groups is 2. The van der Waals surface area contributed by atoms with Crippen LogP contribution in [0.3, 0.4) is 0 Å². The Morgan fingerprint density at radius 3 is 2.11 bits per heavy atom. The van der Waals surface area contributed by atoms with Crippen LogP contribution >= 0.6 is 0 Å². The highest BCUT2D eigenvalue weighted by molar-refractivity contribution is 6.07. The van der Waals surface area contributed by atoms with Crippen LogP contribution in [0, 0.1) is 0 Å². The second-order valence-corrected chi connectivity index (χ2v) is 4.27. The summed E-state index contributed by atoms with van der Waals surface area (Å²) in [5.74, 6) is 0. The van der Waals surface area contributed by atoms with Gasteiger partial charge < -0.3 is 0 Å². The zero-order valence-corrected chi connectivity index (χ0v) is 9.59. The summed E-state index contributed by atoms with van der Waals surface area (Å²) in [6.07, 6.45) is 1.56. The first-order valence-electron chi connectivity index (χ1n) is 5.69. The van der Waals surface area contributed by atoms with Gasteiger partial charge in [0.15, 0.2) is 6.29 Å². The molecule has 0 saturated carbocycles.